The standard InChI is InChI=1S/C25H20Cl2N6O2/c1-14-21(24(34)30-19-5-3-4-6-20(19)35-2)22(15-9-11-28-12-10-15)33-25(29-14)31-23(32-33)16-7-8-17(26)18(27)13-16/h3-13,22H,1-2H3,(H,30,34)(H,29,31,32). The molecule has 4 aromatic rings. The van der Waals surface area contributed by atoms with Crippen molar-refractivity contribution in [2.75, 3.05) is 17.7 Å². The maximum atomic E-state index is 13.6. The van der Waals surface area contributed by atoms with Crippen molar-refractivity contribution in [2.45, 2.75) is 13.0 Å². The number of hydrogen-bond acceptors (Lipinski definition) is 6. The van der Waals surface area contributed by atoms with Crippen molar-refractivity contribution >= 4 is 40.7 Å². The van der Waals surface area contributed by atoms with E-state index in [0.717, 1.165) is 5.56 Å². The maximum absolute atomic E-state index is 13.6. The van der Waals surface area contributed by atoms with E-state index in [-0.39, 0.29) is 5.91 Å². The van der Waals surface area contributed by atoms with E-state index in [1.807, 2.05) is 31.2 Å². The number of carbonyl (C=O) groups is 1. The van der Waals surface area contributed by atoms with Crippen LogP contribution in [0.2, 0.25) is 10.0 Å². The number of pyridine rings is 1. The number of aromatic nitrogens is 4. The zero-order valence-corrected chi connectivity index (χ0v) is 20.3. The van der Waals surface area contributed by atoms with Crippen molar-refractivity contribution in [1.29, 1.82) is 0 Å². The van der Waals surface area contributed by atoms with Gasteiger partial charge in [0.1, 0.15) is 11.8 Å². The third-order valence-corrected chi connectivity index (χ3v) is 6.39. The Labute approximate surface area is 211 Å². The first-order valence-corrected chi connectivity index (χ1v) is 11.5. The fourth-order valence-corrected chi connectivity index (χ4v) is 4.29. The number of benzene rings is 2. The van der Waals surface area contributed by atoms with Crippen LogP contribution in [-0.2, 0) is 4.79 Å². The van der Waals surface area contributed by atoms with Gasteiger partial charge in [0.05, 0.1) is 28.4 Å². The first-order chi connectivity index (χ1) is 17.0. The molecular weight excluding hydrogens is 487 g/mol. The van der Waals surface area contributed by atoms with Crippen LogP contribution in [0.25, 0.3) is 11.4 Å². The molecule has 3 heterocycles. The van der Waals surface area contributed by atoms with Crippen molar-refractivity contribution in [3.05, 3.63) is 93.9 Å². The molecule has 1 atom stereocenters. The van der Waals surface area contributed by atoms with E-state index in [2.05, 4.69) is 20.6 Å². The molecule has 0 fully saturated rings. The van der Waals surface area contributed by atoms with Gasteiger partial charge in [-0.1, -0.05) is 35.3 Å². The molecule has 0 bridgehead atoms. The lowest BCUT2D eigenvalue weighted by Gasteiger charge is -2.28. The molecule has 1 amide bonds. The lowest BCUT2D eigenvalue weighted by Crippen LogP contribution is -2.31. The summed E-state index contributed by atoms with van der Waals surface area (Å²) in [6, 6.07) is 15.6. The van der Waals surface area contributed by atoms with E-state index in [0.29, 0.717) is 50.1 Å². The molecule has 1 aliphatic heterocycles. The normalized spacial score (nSPS) is 14.8. The Morgan fingerprint density at radius 2 is 1.86 bits per heavy atom. The van der Waals surface area contributed by atoms with Gasteiger partial charge in [-0.05, 0) is 55.0 Å². The van der Waals surface area contributed by atoms with Crippen LogP contribution in [0.3, 0.4) is 0 Å². The number of amides is 1. The predicted octanol–water partition coefficient (Wildman–Crippen LogP) is 5.58. The van der Waals surface area contributed by atoms with Crippen molar-refractivity contribution in [1.82, 2.24) is 19.7 Å². The van der Waals surface area contributed by atoms with Gasteiger partial charge in [0.25, 0.3) is 5.91 Å². The Hall–Kier alpha value is -3.88. The minimum Gasteiger partial charge on any atom is -0.495 e. The van der Waals surface area contributed by atoms with Crippen LogP contribution in [0.4, 0.5) is 11.6 Å². The molecule has 0 spiro atoms. The van der Waals surface area contributed by atoms with Crippen molar-refractivity contribution in [2.24, 2.45) is 0 Å². The van der Waals surface area contributed by atoms with E-state index < -0.39 is 6.04 Å². The Morgan fingerprint density at radius 3 is 2.60 bits per heavy atom. The maximum Gasteiger partial charge on any atom is 0.255 e. The molecular formula is C25H20Cl2N6O2. The fourth-order valence-electron chi connectivity index (χ4n) is 3.99. The van der Waals surface area contributed by atoms with Gasteiger partial charge in [-0.2, -0.15) is 4.98 Å². The molecule has 8 nitrogen and oxygen atoms in total. The molecule has 176 valence electrons. The van der Waals surface area contributed by atoms with Crippen LogP contribution in [0.5, 0.6) is 5.75 Å². The van der Waals surface area contributed by atoms with Gasteiger partial charge in [0.15, 0.2) is 5.82 Å². The highest BCUT2D eigenvalue weighted by Crippen LogP contribution is 2.37. The molecule has 2 aromatic heterocycles. The smallest absolute Gasteiger partial charge is 0.255 e. The highest BCUT2D eigenvalue weighted by molar-refractivity contribution is 6.42. The van der Waals surface area contributed by atoms with Gasteiger partial charge < -0.3 is 15.4 Å². The molecule has 2 aromatic carbocycles. The number of nitrogens with zero attached hydrogens (tertiary/aromatic N) is 4. The van der Waals surface area contributed by atoms with E-state index in [4.69, 9.17) is 33.0 Å². The van der Waals surface area contributed by atoms with Crippen molar-refractivity contribution in [3.63, 3.8) is 0 Å². The monoisotopic (exact) mass is 506 g/mol. The Kier molecular flexibility index (Phi) is 6.15. The molecule has 0 radical (unpaired) electrons. The van der Waals surface area contributed by atoms with E-state index in [1.165, 1.54) is 0 Å². The highest BCUT2D eigenvalue weighted by Gasteiger charge is 2.34. The Balaban J connectivity index is 1.59. The summed E-state index contributed by atoms with van der Waals surface area (Å²) < 4.78 is 7.09. The van der Waals surface area contributed by atoms with Gasteiger partial charge >= 0.3 is 0 Å². The summed E-state index contributed by atoms with van der Waals surface area (Å²) in [4.78, 5) is 22.4. The van der Waals surface area contributed by atoms with Crippen molar-refractivity contribution in [3.8, 4) is 17.1 Å². The van der Waals surface area contributed by atoms with Gasteiger partial charge in [0, 0.05) is 23.7 Å². The zero-order chi connectivity index (χ0) is 24.5. The molecule has 0 saturated heterocycles. The number of anilines is 2. The quantitative estimate of drug-likeness (QED) is 0.366. The van der Waals surface area contributed by atoms with Crippen LogP contribution in [0, 0.1) is 0 Å². The van der Waals surface area contributed by atoms with Gasteiger partial charge in [-0.3, -0.25) is 9.78 Å². The third kappa shape index (κ3) is 4.34. The Morgan fingerprint density at radius 1 is 1.09 bits per heavy atom. The first-order valence-electron chi connectivity index (χ1n) is 10.7. The second-order valence-electron chi connectivity index (χ2n) is 7.83. The summed E-state index contributed by atoms with van der Waals surface area (Å²) in [5, 5.41) is 11.8. The van der Waals surface area contributed by atoms with E-state index >= 15 is 0 Å². The lowest BCUT2D eigenvalue weighted by molar-refractivity contribution is -0.113. The number of methoxy groups -OCH3 is 1. The topological polar surface area (TPSA) is 94.0 Å². The van der Waals surface area contributed by atoms with Crippen LogP contribution in [0.1, 0.15) is 18.5 Å². The summed E-state index contributed by atoms with van der Waals surface area (Å²) in [6.07, 6.45) is 3.36. The van der Waals surface area contributed by atoms with Crippen LogP contribution in [-0.4, -0.2) is 32.8 Å². The molecule has 1 aliphatic rings. The summed E-state index contributed by atoms with van der Waals surface area (Å²) in [5.41, 5.74) is 3.24. The van der Waals surface area contributed by atoms with Gasteiger partial charge in [-0.25, -0.2) is 4.68 Å². The number of para-hydroxylation sites is 2. The minimum atomic E-state index is -0.548. The molecule has 10 heteroatoms. The molecule has 1 unspecified atom stereocenters. The second kappa shape index (κ2) is 9.40. The average molecular weight is 507 g/mol. The largest absolute Gasteiger partial charge is 0.495 e. The molecule has 0 aliphatic carbocycles. The summed E-state index contributed by atoms with van der Waals surface area (Å²) >= 11 is 12.3. The summed E-state index contributed by atoms with van der Waals surface area (Å²) in [5.74, 6) is 1.22. The zero-order valence-electron chi connectivity index (χ0n) is 18.8. The number of halogens is 2. The SMILES string of the molecule is COc1ccccc1NC(=O)C1=C(C)Nc2nc(-c3ccc(Cl)c(Cl)c3)nn2C1c1ccncc1. The average Bonchev–Trinajstić information content (AvgIpc) is 3.29. The highest BCUT2D eigenvalue weighted by atomic mass is 35.5. The summed E-state index contributed by atoms with van der Waals surface area (Å²) in [6.45, 7) is 1.84. The molecule has 5 rings (SSSR count). The molecule has 35 heavy (non-hydrogen) atoms. The van der Waals surface area contributed by atoms with Crippen LogP contribution < -0.4 is 15.4 Å². The number of ether oxygens (including phenoxy) is 1. The Bertz CT molecular complexity index is 1450. The molecule has 0 saturated carbocycles. The van der Waals surface area contributed by atoms with Crippen LogP contribution in [0.15, 0.2) is 78.3 Å². The van der Waals surface area contributed by atoms with Crippen molar-refractivity contribution < 1.29 is 9.53 Å². The predicted molar refractivity (Wildman–Crippen MR) is 136 cm³/mol. The lowest BCUT2D eigenvalue weighted by atomic mass is 9.96. The number of nitrogens with one attached hydrogen (secondary N) is 2. The fraction of sp³-hybridized carbons (Fsp3) is 0.120. The number of fused-ring (bicyclic) bond motifs is 1. The van der Waals surface area contributed by atoms with Gasteiger partial charge in [0.2, 0.25) is 5.95 Å². The van der Waals surface area contributed by atoms with E-state index in [9.17, 15) is 4.79 Å². The third-order valence-electron chi connectivity index (χ3n) is 5.65. The minimum absolute atomic E-state index is 0.293. The van der Waals surface area contributed by atoms with Crippen LogP contribution >= 0.6 is 23.2 Å². The number of carbonyl (C=O) groups excluding carboxylic acids is 1. The molecule has 2 N–H and O–H groups in total. The number of hydrogen-bond donors (Lipinski definition) is 2. The number of rotatable bonds is 5. The first kappa shape index (κ1) is 22.9. The second-order valence-corrected chi connectivity index (χ2v) is 8.65. The number of allylic oxidation sites excluding steroid dienone is 1. The summed E-state index contributed by atoms with van der Waals surface area (Å²) in [7, 11) is 1.56. The van der Waals surface area contributed by atoms with Gasteiger partial charge in [-0.15, -0.1) is 5.10 Å². The van der Waals surface area contributed by atoms with E-state index in [1.54, 1.807) is 54.5 Å².